The second-order valence-corrected chi connectivity index (χ2v) is 9.34. The van der Waals surface area contributed by atoms with Gasteiger partial charge in [-0.05, 0) is 73.2 Å². The predicted molar refractivity (Wildman–Crippen MR) is 152 cm³/mol. The Bertz CT molecular complexity index is 1460. The van der Waals surface area contributed by atoms with Crippen molar-refractivity contribution in [2.45, 2.75) is 19.0 Å². The van der Waals surface area contributed by atoms with Gasteiger partial charge in [-0.15, -0.1) is 0 Å². The van der Waals surface area contributed by atoms with Crippen molar-refractivity contribution < 1.29 is 14.3 Å². The zero-order valence-corrected chi connectivity index (χ0v) is 22.2. The molecule has 194 valence electrons. The van der Waals surface area contributed by atoms with Crippen molar-refractivity contribution in [3.05, 3.63) is 102 Å². The molecule has 1 aliphatic rings. The van der Waals surface area contributed by atoms with Crippen LogP contribution in [0.3, 0.4) is 0 Å². The summed E-state index contributed by atoms with van der Waals surface area (Å²) in [4.78, 5) is 19.1. The van der Waals surface area contributed by atoms with Crippen LogP contribution in [-0.4, -0.2) is 41.4 Å². The van der Waals surface area contributed by atoms with Crippen LogP contribution in [0, 0.1) is 6.92 Å². The highest BCUT2D eigenvalue weighted by molar-refractivity contribution is 7.80. The molecule has 1 fully saturated rings. The van der Waals surface area contributed by atoms with Crippen LogP contribution in [-0.2, 0) is 9.53 Å². The number of aryl methyl sites for hydroxylation is 1. The summed E-state index contributed by atoms with van der Waals surface area (Å²) < 4.78 is 12.7. The highest BCUT2D eigenvalue weighted by Gasteiger charge is 2.42. The van der Waals surface area contributed by atoms with E-state index in [4.69, 9.17) is 21.7 Å². The van der Waals surface area contributed by atoms with E-state index in [9.17, 15) is 4.79 Å². The Morgan fingerprint density at radius 1 is 1.08 bits per heavy atom. The summed E-state index contributed by atoms with van der Waals surface area (Å²) in [7, 11) is 3.05. The van der Waals surface area contributed by atoms with Crippen LogP contribution < -0.4 is 20.3 Å². The number of anilines is 2. The van der Waals surface area contributed by atoms with Crippen molar-refractivity contribution in [2.75, 3.05) is 31.0 Å². The maximum Gasteiger partial charge on any atom is 0.250 e. The average molecular weight is 528 g/mol. The molecule has 2 aromatic heterocycles. The number of hydrogen-bond acceptors (Lipinski definition) is 5. The first-order valence-electron chi connectivity index (χ1n) is 12.2. The lowest BCUT2D eigenvalue weighted by molar-refractivity contribution is -0.119. The predicted octanol–water partition coefficient (Wildman–Crippen LogP) is 4.95. The van der Waals surface area contributed by atoms with E-state index in [0.29, 0.717) is 16.5 Å². The van der Waals surface area contributed by atoms with Crippen molar-refractivity contribution >= 4 is 34.6 Å². The van der Waals surface area contributed by atoms with Crippen LogP contribution in [0.25, 0.3) is 5.69 Å². The number of aromatic nitrogens is 2. The van der Waals surface area contributed by atoms with Crippen LogP contribution in [0.5, 0.6) is 5.75 Å². The molecule has 5 rings (SSSR count). The van der Waals surface area contributed by atoms with Crippen LogP contribution in [0.1, 0.15) is 29.0 Å². The van der Waals surface area contributed by atoms with Gasteiger partial charge in [0.05, 0.1) is 24.5 Å². The molecule has 0 spiro atoms. The highest BCUT2D eigenvalue weighted by Crippen LogP contribution is 2.44. The number of pyridine rings is 1. The number of nitrogens with zero attached hydrogens (tertiary/aromatic N) is 3. The molecule has 2 atom stereocenters. The highest BCUT2D eigenvalue weighted by atomic mass is 32.1. The van der Waals surface area contributed by atoms with Crippen LogP contribution in [0.2, 0.25) is 0 Å². The van der Waals surface area contributed by atoms with E-state index in [1.54, 1.807) is 13.3 Å². The minimum absolute atomic E-state index is 0.0641. The van der Waals surface area contributed by atoms with Crippen LogP contribution in [0.4, 0.5) is 11.4 Å². The third kappa shape index (κ3) is 4.85. The third-order valence-corrected chi connectivity index (χ3v) is 6.88. The van der Waals surface area contributed by atoms with Gasteiger partial charge in [0.1, 0.15) is 18.4 Å². The minimum atomic E-state index is -0.276. The normalized spacial score (nSPS) is 16.8. The van der Waals surface area contributed by atoms with Gasteiger partial charge in [-0.25, -0.2) is 0 Å². The number of ether oxygens (including phenoxy) is 2. The molecule has 4 aromatic rings. The maximum absolute atomic E-state index is 12.3. The number of carbonyl (C=O) groups excluding carboxylic acids is 1. The number of carbonyl (C=O) groups is 1. The van der Waals surface area contributed by atoms with Crippen molar-refractivity contribution in [2.24, 2.45) is 0 Å². The number of rotatable bonds is 8. The van der Waals surface area contributed by atoms with E-state index in [1.165, 1.54) is 7.11 Å². The lowest BCUT2D eigenvalue weighted by Crippen LogP contribution is -2.30. The molecule has 0 saturated carbocycles. The summed E-state index contributed by atoms with van der Waals surface area (Å²) in [6, 6.07) is 23.5. The molecule has 0 unspecified atom stereocenters. The fraction of sp³-hybridized carbons (Fsp3) is 0.207. The van der Waals surface area contributed by atoms with Crippen LogP contribution in [0.15, 0.2) is 85.2 Å². The molecule has 1 amide bonds. The van der Waals surface area contributed by atoms with Crippen LogP contribution >= 0.6 is 12.2 Å². The molecule has 0 radical (unpaired) electrons. The quantitative estimate of drug-likeness (QED) is 0.314. The monoisotopic (exact) mass is 527 g/mol. The Morgan fingerprint density at radius 2 is 1.89 bits per heavy atom. The Kier molecular flexibility index (Phi) is 7.39. The standard InChI is InChI=1S/C29H29N5O3S/c1-19-9-4-5-11-23(19)33-16-8-12-24(33)28-27(21-10-6-7-15-30-21)32-29(38)34(28)20-13-14-25(37-3)22(17-20)31-26(35)18-36-2/h4-17,27-28H,18H2,1-3H3,(H,31,35)(H,32,38)/t27-,28+/m0/s1. The van der Waals surface area contributed by atoms with E-state index >= 15 is 0 Å². The number of benzene rings is 2. The second-order valence-electron chi connectivity index (χ2n) is 8.95. The van der Waals surface area contributed by atoms with Gasteiger partial charge >= 0.3 is 0 Å². The smallest absolute Gasteiger partial charge is 0.250 e. The van der Waals surface area contributed by atoms with E-state index in [2.05, 4.69) is 56.4 Å². The largest absolute Gasteiger partial charge is 0.495 e. The van der Waals surface area contributed by atoms with E-state index < -0.39 is 0 Å². The van der Waals surface area contributed by atoms with Crippen molar-refractivity contribution in [3.63, 3.8) is 0 Å². The molecule has 0 bridgehead atoms. The van der Waals surface area contributed by atoms with Gasteiger partial charge in [-0.1, -0.05) is 24.3 Å². The number of amides is 1. The molecule has 2 N–H and O–H groups in total. The first-order chi connectivity index (χ1) is 18.5. The zero-order valence-electron chi connectivity index (χ0n) is 21.4. The molecule has 2 aromatic carbocycles. The van der Waals surface area contributed by atoms with Gasteiger partial charge in [-0.2, -0.15) is 0 Å². The summed E-state index contributed by atoms with van der Waals surface area (Å²) >= 11 is 5.91. The van der Waals surface area contributed by atoms with Gasteiger partial charge in [0.25, 0.3) is 0 Å². The summed E-state index contributed by atoms with van der Waals surface area (Å²) in [6.45, 7) is 2.04. The lowest BCUT2D eigenvalue weighted by atomic mass is 10.0. The molecule has 0 aliphatic carbocycles. The second kappa shape index (κ2) is 11.0. The minimum Gasteiger partial charge on any atom is -0.495 e. The Morgan fingerprint density at radius 3 is 2.63 bits per heavy atom. The molecular weight excluding hydrogens is 498 g/mol. The first kappa shape index (κ1) is 25.4. The molecule has 1 aliphatic heterocycles. The van der Waals surface area contributed by atoms with E-state index in [1.807, 2.05) is 54.6 Å². The van der Waals surface area contributed by atoms with E-state index in [-0.39, 0.29) is 24.6 Å². The number of thiocarbonyl (C=S) groups is 1. The molecule has 9 heteroatoms. The maximum atomic E-state index is 12.3. The van der Waals surface area contributed by atoms with Crippen molar-refractivity contribution in [1.82, 2.24) is 14.9 Å². The average Bonchev–Trinajstić information content (AvgIpc) is 3.53. The molecule has 8 nitrogen and oxygen atoms in total. The van der Waals surface area contributed by atoms with Gasteiger partial charge < -0.3 is 29.6 Å². The van der Waals surface area contributed by atoms with Gasteiger partial charge in [0, 0.05) is 36.6 Å². The third-order valence-electron chi connectivity index (χ3n) is 6.57. The fourth-order valence-corrected chi connectivity index (χ4v) is 5.23. The first-order valence-corrected chi connectivity index (χ1v) is 12.6. The summed E-state index contributed by atoms with van der Waals surface area (Å²) in [5, 5.41) is 6.94. The SMILES string of the molecule is COCC(=O)Nc1cc(N2C(=S)N[C@@H](c3ccccn3)[C@H]2c2cccn2-c2ccccc2C)ccc1OC. The zero-order chi connectivity index (χ0) is 26.6. The Hall–Kier alpha value is -4.21. The molecule has 3 heterocycles. The lowest BCUT2D eigenvalue weighted by Gasteiger charge is -2.29. The fourth-order valence-electron chi connectivity index (χ4n) is 4.88. The molecule has 38 heavy (non-hydrogen) atoms. The molecule has 1 saturated heterocycles. The van der Waals surface area contributed by atoms with Crippen molar-refractivity contribution in [3.8, 4) is 11.4 Å². The van der Waals surface area contributed by atoms with E-state index in [0.717, 1.165) is 28.3 Å². The number of nitrogens with one attached hydrogen (secondary N) is 2. The number of hydrogen-bond donors (Lipinski definition) is 2. The van der Waals surface area contributed by atoms with Gasteiger partial charge in [0.2, 0.25) is 5.91 Å². The summed E-state index contributed by atoms with van der Waals surface area (Å²) in [5.41, 5.74) is 5.51. The van der Waals surface area contributed by atoms with Gasteiger partial charge in [0.15, 0.2) is 5.11 Å². The summed E-state index contributed by atoms with van der Waals surface area (Å²) in [5.74, 6) is 0.263. The van der Waals surface area contributed by atoms with Gasteiger partial charge in [-0.3, -0.25) is 9.78 Å². The topological polar surface area (TPSA) is 80.7 Å². The Labute approximate surface area is 227 Å². The molecular formula is C29H29N5O3S. The Balaban J connectivity index is 1.64. The number of para-hydroxylation sites is 1. The summed E-state index contributed by atoms with van der Waals surface area (Å²) in [6.07, 6.45) is 3.86. The number of methoxy groups -OCH3 is 2. The van der Waals surface area contributed by atoms with Crippen molar-refractivity contribution in [1.29, 1.82) is 0 Å².